The number of carbonyl (C=O) groups excluding carboxylic acids is 1. The molecular weight excluding hydrogens is 216 g/mol. The van der Waals surface area contributed by atoms with Crippen LogP contribution in [-0.4, -0.2) is 27.4 Å². The molecule has 0 aliphatic carbocycles. The molecule has 1 aromatic rings. The number of hydrogen-bond donors (Lipinski definition) is 1. The van der Waals surface area contributed by atoms with Crippen LogP contribution in [0.4, 0.5) is 5.13 Å². The van der Waals surface area contributed by atoms with Crippen molar-refractivity contribution in [2.75, 3.05) is 12.8 Å². The van der Waals surface area contributed by atoms with Gasteiger partial charge >= 0.3 is 0 Å². The Morgan fingerprint density at radius 1 is 1.77 bits per heavy atom. The highest BCUT2D eigenvalue weighted by Gasteiger charge is 2.17. The van der Waals surface area contributed by atoms with E-state index < -0.39 is 5.24 Å². The summed E-state index contributed by atoms with van der Waals surface area (Å²) in [7, 11) is 1.29. The highest BCUT2D eigenvalue weighted by molar-refractivity contribution is 7.09. The second-order valence-corrected chi connectivity index (χ2v) is 2.98. The molecule has 0 spiro atoms. The van der Waals surface area contributed by atoms with E-state index in [1.54, 1.807) is 0 Å². The van der Waals surface area contributed by atoms with Crippen LogP contribution in [0.2, 0.25) is 0 Å². The van der Waals surface area contributed by atoms with E-state index >= 15 is 0 Å². The number of anilines is 1. The Labute approximate surface area is 82.5 Å². The molecule has 1 heterocycles. The van der Waals surface area contributed by atoms with Gasteiger partial charge in [0.05, 0.1) is 0 Å². The van der Waals surface area contributed by atoms with Gasteiger partial charge in [-0.2, -0.15) is 9.36 Å². The van der Waals surface area contributed by atoms with E-state index in [-0.39, 0.29) is 16.7 Å². The molecule has 0 amide bonds. The summed E-state index contributed by atoms with van der Waals surface area (Å²) in [5.41, 5.74) is 5.15. The molecule has 0 bridgehead atoms. The average molecular weight is 221 g/mol. The van der Waals surface area contributed by atoms with Gasteiger partial charge < -0.3 is 10.6 Å². The van der Waals surface area contributed by atoms with Gasteiger partial charge in [0.1, 0.15) is 7.11 Å². The van der Waals surface area contributed by atoms with Crippen molar-refractivity contribution >= 4 is 39.2 Å². The summed E-state index contributed by atoms with van der Waals surface area (Å²) in [4.78, 5) is 18.9. The molecule has 70 valence electrons. The van der Waals surface area contributed by atoms with Crippen molar-refractivity contribution in [2.24, 2.45) is 5.16 Å². The zero-order valence-corrected chi connectivity index (χ0v) is 8.09. The molecule has 0 aliphatic rings. The Morgan fingerprint density at radius 3 is 2.85 bits per heavy atom. The first-order valence-electron chi connectivity index (χ1n) is 3.05. The monoisotopic (exact) mass is 220 g/mol. The summed E-state index contributed by atoms with van der Waals surface area (Å²) in [6, 6.07) is 0. The van der Waals surface area contributed by atoms with E-state index in [2.05, 4.69) is 19.4 Å². The first-order chi connectivity index (χ1) is 6.15. The number of nitrogen functional groups attached to an aromatic ring is 1. The number of nitrogens with zero attached hydrogens (tertiary/aromatic N) is 3. The highest BCUT2D eigenvalue weighted by Crippen LogP contribution is 2.08. The Balaban J connectivity index is 3.02. The van der Waals surface area contributed by atoms with Crippen molar-refractivity contribution in [3.63, 3.8) is 0 Å². The van der Waals surface area contributed by atoms with Crippen LogP contribution in [-0.2, 0) is 9.63 Å². The molecule has 0 atom stereocenters. The second-order valence-electron chi connectivity index (χ2n) is 1.85. The summed E-state index contributed by atoms with van der Waals surface area (Å²) in [6.45, 7) is 0. The summed E-state index contributed by atoms with van der Waals surface area (Å²) in [5.74, 6) is 0.0735. The van der Waals surface area contributed by atoms with Gasteiger partial charge in [-0.1, -0.05) is 5.16 Å². The lowest BCUT2D eigenvalue weighted by molar-refractivity contribution is -0.106. The van der Waals surface area contributed by atoms with Crippen molar-refractivity contribution < 1.29 is 9.63 Å². The number of rotatable bonds is 3. The lowest BCUT2D eigenvalue weighted by atomic mass is 10.4. The van der Waals surface area contributed by atoms with E-state index in [0.29, 0.717) is 0 Å². The van der Waals surface area contributed by atoms with Gasteiger partial charge in [-0.25, -0.2) is 0 Å². The van der Waals surface area contributed by atoms with Crippen molar-refractivity contribution in [3.05, 3.63) is 5.82 Å². The third-order valence-electron chi connectivity index (χ3n) is 1.02. The molecule has 0 saturated heterocycles. The zero-order valence-electron chi connectivity index (χ0n) is 6.52. The molecule has 0 unspecified atom stereocenters. The van der Waals surface area contributed by atoms with Crippen LogP contribution in [0.3, 0.4) is 0 Å². The van der Waals surface area contributed by atoms with Crippen LogP contribution in [0.5, 0.6) is 0 Å². The maximum absolute atomic E-state index is 10.8. The normalized spacial score (nSPS) is 11.4. The summed E-state index contributed by atoms with van der Waals surface area (Å²) in [6.07, 6.45) is 0. The topological polar surface area (TPSA) is 90.5 Å². The van der Waals surface area contributed by atoms with E-state index in [1.165, 1.54) is 7.11 Å². The van der Waals surface area contributed by atoms with Gasteiger partial charge in [-0.15, -0.1) is 0 Å². The number of aromatic nitrogens is 2. The summed E-state index contributed by atoms with van der Waals surface area (Å²) < 4.78 is 3.75. The van der Waals surface area contributed by atoms with Crippen LogP contribution in [0.25, 0.3) is 0 Å². The fourth-order valence-electron chi connectivity index (χ4n) is 0.587. The minimum atomic E-state index is -0.792. The Kier molecular flexibility index (Phi) is 3.15. The summed E-state index contributed by atoms with van der Waals surface area (Å²) in [5, 5.41) is 2.81. The molecule has 6 nitrogen and oxygen atoms in total. The quantitative estimate of drug-likeness (QED) is 0.448. The number of carbonyl (C=O) groups is 1. The van der Waals surface area contributed by atoms with Crippen molar-refractivity contribution in [1.82, 2.24) is 9.36 Å². The minimum Gasteiger partial charge on any atom is -0.398 e. The van der Waals surface area contributed by atoms with Crippen LogP contribution in [0, 0.1) is 0 Å². The van der Waals surface area contributed by atoms with Crippen LogP contribution in [0.1, 0.15) is 5.82 Å². The maximum Gasteiger partial charge on any atom is 0.278 e. The molecule has 0 aromatic carbocycles. The van der Waals surface area contributed by atoms with Gasteiger partial charge in [0.25, 0.3) is 5.24 Å². The van der Waals surface area contributed by atoms with Crippen LogP contribution >= 0.6 is 23.1 Å². The van der Waals surface area contributed by atoms with Crippen molar-refractivity contribution in [2.45, 2.75) is 0 Å². The predicted octanol–water partition coefficient (Wildman–Crippen LogP) is 0.236. The first-order valence-corrected chi connectivity index (χ1v) is 4.21. The van der Waals surface area contributed by atoms with E-state index in [9.17, 15) is 4.79 Å². The van der Waals surface area contributed by atoms with Gasteiger partial charge in [0.2, 0.25) is 11.5 Å². The highest BCUT2D eigenvalue weighted by atomic mass is 35.5. The Hall–Kier alpha value is -1.21. The number of nitrogens with two attached hydrogens (primary N) is 1. The fourth-order valence-corrected chi connectivity index (χ4v) is 1.14. The van der Waals surface area contributed by atoms with Crippen LogP contribution in [0.15, 0.2) is 5.16 Å². The van der Waals surface area contributed by atoms with E-state index in [0.717, 1.165) is 11.5 Å². The standard InChI is InChI=1S/C5H5ClN4O2S/c1-12-9-2(3(6)11)4-8-5(7)13-10-4/h1H3,(H2,7,8,10). The third-order valence-corrected chi connectivity index (χ3v) is 1.74. The molecule has 0 aliphatic heterocycles. The lowest BCUT2D eigenvalue weighted by Gasteiger charge is -1.92. The fraction of sp³-hybridized carbons (Fsp3) is 0.200. The predicted molar refractivity (Wildman–Crippen MR) is 48.7 cm³/mol. The SMILES string of the molecule is CON=C(C(=O)Cl)c1nsc(N)n1. The van der Waals surface area contributed by atoms with E-state index in [1.807, 2.05) is 0 Å². The van der Waals surface area contributed by atoms with Gasteiger partial charge in [-0.3, -0.25) is 4.79 Å². The summed E-state index contributed by atoms with van der Waals surface area (Å²) >= 11 is 6.15. The maximum atomic E-state index is 10.8. The molecule has 13 heavy (non-hydrogen) atoms. The first kappa shape index (κ1) is 9.87. The zero-order chi connectivity index (χ0) is 9.84. The molecule has 1 rings (SSSR count). The minimum absolute atomic E-state index is 0.0735. The molecular formula is C5H5ClN4O2S. The molecule has 0 saturated carbocycles. The van der Waals surface area contributed by atoms with Gasteiger partial charge in [0, 0.05) is 11.5 Å². The molecule has 0 radical (unpaired) electrons. The largest absolute Gasteiger partial charge is 0.398 e. The number of halogens is 1. The Morgan fingerprint density at radius 2 is 2.46 bits per heavy atom. The smallest absolute Gasteiger partial charge is 0.278 e. The van der Waals surface area contributed by atoms with E-state index in [4.69, 9.17) is 17.3 Å². The number of hydrogen-bond acceptors (Lipinski definition) is 7. The molecule has 8 heteroatoms. The second kappa shape index (κ2) is 4.15. The average Bonchev–Trinajstić information content (AvgIpc) is 2.46. The van der Waals surface area contributed by atoms with Crippen molar-refractivity contribution in [1.29, 1.82) is 0 Å². The number of oxime groups is 1. The molecule has 2 N–H and O–H groups in total. The Bertz CT molecular complexity index is 350. The van der Waals surface area contributed by atoms with Crippen LogP contribution < -0.4 is 5.73 Å². The molecule has 1 aromatic heterocycles. The van der Waals surface area contributed by atoms with Gasteiger partial charge in [-0.05, 0) is 11.6 Å². The van der Waals surface area contributed by atoms with Gasteiger partial charge in [0.15, 0.2) is 5.13 Å². The lowest BCUT2D eigenvalue weighted by Crippen LogP contribution is -2.12. The molecule has 0 fully saturated rings. The van der Waals surface area contributed by atoms with Crippen molar-refractivity contribution in [3.8, 4) is 0 Å². The third kappa shape index (κ3) is 2.36.